The maximum Gasteiger partial charge on any atom is 0.245 e. The number of fused-ring (bicyclic) bond motifs is 1. The average Bonchev–Trinajstić information content (AvgIpc) is 3.62. The molecule has 4 N–H and O–H groups in total. The van der Waals surface area contributed by atoms with E-state index in [-0.39, 0.29) is 36.4 Å². The van der Waals surface area contributed by atoms with Crippen LogP contribution in [-0.4, -0.2) is 82.5 Å². The number of para-hydroxylation sites is 1. The highest BCUT2D eigenvalue weighted by Gasteiger charge is 2.40. The number of likely N-dealkylation sites (N-methyl/N-ethyl adjacent to an activating group) is 1. The van der Waals surface area contributed by atoms with Crippen molar-refractivity contribution in [3.8, 4) is 0 Å². The highest BCUT2D eigenvalue weighted by molar-refractivity contribution is 5.97. The standard InChI is InChI=1S/C28H40N4O6/c1-15(2)11-23(34)32(6)25(16(3)4)28(37)31-24(17(5)33)27(36)30-21(26(35)22-14-38-22)12-18-13-29-20-10-8-7-9-19(18)20/h7-10,13,15-17,21-22,24-25,29,33H,11-12,14H2,1-6H3,(H,30,36)(H,31,37)/t17-,21-,22+,24-,25-/m0/s1. The third kappa shape index (κ3) is 7.20. The zero-order valence-electron chi connectivity index (χ0n) is 23.0. The lowest BCUT2D eigenvalue weighted by Crippen LogP contribution is -2.60. The number of nitrogens with one attached hydrogen (secondary N) is 3. The van der Waals surface area contributed by atoms with Gasteiger partial charge in [0.1, 0.15) is 18.2 Å². The second kappa shape index (κ2) is 12.5. The number of aliphatic hydroxyl groups is 1. The van der Waals surface area contributed by atoms with Crippen molar-refractivity contribution in [3.05, 3.63) is 36.0 Å². The number of rotatable bonds is 13. The van der Waals surface area contributed by atoms with E-state index in [4.69, 9.17) is 4.74 Å². The van der Waals surface area contributed by atoms with Crippen molar-refractivity contribution in [1.29, 1.82) is 0 Å². The van der Waals surface area contributed by atoms with Crippen molar-refractivity contribution in [1.82, 2.24) is 20.5 Å². The van der Waals surface area contributed by atoms with Gasteiger partial charge in [0.25, 0.3) is 0 Å². The zero-order valence-corrected chi connectivity index (χ0v) is 23.0. The maximum absolute atomic E-state index is 13.3. The molecule has 2 heterocycles. The fraction of sp³-hybridized carbons (Fsp3) is 0.571. The van der Waals surface area contributed by atoms with Gasteiger partial charge in [0.15, 0.2) is 5.78 Å². The molecule has 5 atom stereocenters. The van der Waals surface area contributed by atoms with Gasteiger partial charge in [-0.3, -0.25) is 19.2 Å². The van der Waals surface area contributed by atoms with E-state index >= 15 is 0 Å². The number of H-pyrrole nitrogens is 1. The number of Topliss-reactive ketones (excluding diaryl/α,β-unsaturated/α-hetero) is 1. The van der Waals surface area contributed by atoms with E-state index in [1.807, 2.05) is 52.0 Å². The third-order valence-corrected chi connectivity index (χ3v) is 6.77. The van der Waals surface area contributed by atoms with E-state index in [2.05, 4.69) is 15.6 Å². The Hall–Kier alpha value is -3.24. The lowest BCUT2D eigenvalue weighted by atomic mass is 9.98. The van der Waals surface area contributed by atoms with E-state index in [9.17, 15) is 24.3 Å². The summed E-state index contributed by atoms with van der Waals surface area (Å²) in [6, 6.07) is 4.58. The first-order chi connectivity index (χ1) is 17.9. The first-order valence-electron chi connectivity index (χ1n) is 13.2. The molecule has 1 aliphatic rings. The summed E-state index contributed by atoms with van der Waals surface area (Å²) in [6.45, 7) is 9.15. The Morgan fingerprint density at radius 1 is 1.08 bits per heavy atom. The van der Waals surface area contributed by atoms with Gasteiger partial charge in [0.05, 0.1) is 18.8 Å². The number of ketones is 1. The van der Waals surface area contributed by atoms with E-state index in [0.717, 1.165) is 16.5 Å². The summed E-state index contributed by atoms with van der Waals surface area (Å²) in [7, 11) is 1.57. The number of aromatic nitrogens is 1. The van der Waals surface area contributed by atoms with Crippen LogP contribution < -0.4 is 10.6 Å². The fourth-order valence-corrected chi connectivity index (χ4v) is 4.66. The number of amides is 3. The smallest absolute Gasteiger partial charge is 0.245 e. The number of nitrogens with zero attached hydrogens (tertiary/aromatic N) is 1. The molecule has 208 valence electrons. The lowest BCUT2D eigenvalue weighted by Gasteiger charge is -2.33. The lowest BCUT2D eigenvalue weighted by molar-refractivity contribution is -0.143. The maximum atomic E-state index is 13.3. The van der Waals surface area contributed by atoms with Crippen LogP contribution in [0.4, 0.5) is 0 Å². The molecule has 1 saturated heterocycles. The summed E-state index contributed by atoms with van der Waals surface area (Å²) >= 11 is 0. The van der Waals surface area contributed by atoms with Crippen LogP contribution in [0.1, 0.15) is 46.6 Å². The SMILES string of the molecule is CC(C)CC(=O)N(C)[C@H](C(=O)N[C@H](C(=O)N[C@@H](Cc1c[nH]c2ccccc12)C(=O)[C@H]1CO1)[C@H](C)O)C(C)C. The molecule has 2 aromatic rings. The normalized spacial score (nSPS) is 18.1. The number of benzene rings is 1. The minimum atomic E-state index is -1.32. The van der Waals surface area contributed by atoms with E-state index < -0.39 is 42.1 Å². The molecule has 0 aliphatic carbocycles. The number of aliphatic hydroxyl groups excluding tert-OH is 1. The van der Waals surface area contributed by atoms with Gasteiger partial charge in [-0.2, -0.15) is 0 Å². The number of epoxide rings is 1. The molecular weight excluding hydrogens is 488 g/mol. The van der Waals surface area contributed by atoms with Crippen LogP contribution in [0.2, 0.25) is 0 Å². The second-order valence-corrected chi connectivity index (χ2v) is 10.9. The highest BCUT2D eigenvalue weighted by Crippen LogP contribution is 2.22. The van der Waals surface area contributed by atoms with Crippen LogP contribution in [0.5, 0.6) is 0 Å². The second-order valence-electron chi connectivity index (χ2n) is 10.9. The van der Waals surface area contributed by atoms with E-state index in [1.165, 1.54) is 11.8 Å². The first kappa shape index (κ1) is 29.3. The van der Waals surface area contributed by atoms with Crippen molar-refractivity contribution in [2.45, 2.75) is 77.8 Å². The van der Waals surface area contributed by atoms with Crippen molar-refractivity contribution < 1.29 is 29.0 Å². The van der Waals surface area contributed by atoms with Gasteiger partial charge in [-0.25, -0.2) is 0 Å². The molecule has 1 aromatic carbocycles. The van der Waals surface area contributed by atoms with Gasteiger partial charge >= 0.3 is 0 Å². The van der Waals surface area contributed by atoms with Gasteiger partial charge in [-0.05, 0) is 30.4 Å². The molecule has 10 heteroatoms. The molecule has 38 heavy (non-hydrogen) atoms. The summed E-state index contributed by atoms with van der Waals surface area (Å²) in [4.78, 5) is 56.9. The predicted octanol–water partition coefficient (Wildman–Crippen LogP) is 1.56. The molecule has 1 aliphatic heterocycles. The Bertz CT molecular complexity index is 1150. The number of carbonyl (C=O) groups is 4. The van der Waals surface area contributed by atoms with Crippen molar-refractivity contribution in [2.24, 2.45) is 11.8 Å². The molecule has 1 fully saturated rings. The predicted molar refractivity (Wildman–Crippen MR) is 143 cm³/mol. The molecule has 0 bridgehead atoms. The minimum Gasteiger partial charge on any atom is -0.391 e. The molecule has 3 amide bonds. The Kier molecular flexibility index (Phi) is 9.67. The zero-order chi connectivity index (χ0) is 28.1. The number of hydrogen-bond acceptors (Lipinski definition) is 6. The average molecular weight is 529 g/mol. The van der Waals surface area contributed by atoms with Crippen molar-refractivity contribution >= 4 is 34.4 Å². The van der Waals surface area contributed by atoms with Gasteiger partial charge in [0, 0.05) is 37.0 Å². The highest BCUT2D eigenvalue weighted by atomic mass is 16.6. The summed E-state index contributed by atoms with van der Waals surface area (Å²) in [5, 5.41) is 16.7. The van der Waals surface area contributed by atoms with E-state index in [0.29, 0.717) is 6.61 Å². The Morgan fingerprint density at radius 3 is 2.32 bits per heavy atom. The molecule has 0 spiro atoms. The van der Waals surface area contributed by atoms with Crippen LogP contribution in [0.15, 0.2) is 30.5 Å². The Labute approximate surface area is 223 Å². The summed E-state index contributed by atoms with van der Waals surface area (Å²) in [5.41, 5.74) is 1.76. The number of ether oxygens (including phenoxy) is 1. The van der Waals surface area contributed by atoms with Crippen molar-refractivity contribution in [3.63, 3.8) is 0 Å². The molecule has 3 rings (SSSR count). The van der Waals surface area contributed by atoms with Crippen LogP contribution in [-0.2, 0) is 30.3 Å². The van der Waals surface area contributed by atoms with Crippen LogP contribution in [0.3, 0.4) is 0 Å². The molecule has 0 unspecified atom stereocenters. The van der Waals surface area contributed by atoms with E-state index in [1.54, 1.807) is 13.2 Å². The molecule has 1 aromatic heterocycles. The third-order valence-electron chi connectivity index (χ3n) is 6.77. The number of aromatic amines is 1. The number of carbonyl (C=O) groups excluding carboxylic acids is 4. The summed E-state index contributed by atoms with van der Waals surface area (Å²) in [5.74, 6) is -1.80. The number of hydrogen-bond donors (Lipinski definition) is 4. The van der Waals surface area contributed by atoms with Crippen LogP contribution in [0, 0.1) is 11.8 Å². The summed E-state index contributed by atoms with van der Waals surface area (Å²) in [6.07, 6.45) is 0.473. The Balaban J connectivity index is 1.77. The fourth-order valence-electron chi connectivity index (χ4n) is 4.66. The summed E-state index contributed by atoms with van der Waals surface area (Å²) < 4.78 is 5.18. The quantitative estimate of drug-likeness (QED) is 0.291. The van der Waals surface area contributed by atoms with Gasteiger partial charge in [-0.15, -0.1) is 0 Å². The Morgan fingerprint density at radius 2 is 1.74 bits per heavy atom. The largest absolute Gasteiger partial charge is 0.391 e. The van der Waals surface area contributed by atoms with Gasteiger partial charge in [0.2, 0.25) is 17.7 Å². The van der Waals surface area contributed by atoms with Crippen LogP contribution in [0.25, 0.3) is 10.9 Å². The van der Waals surface area contributed by atoms with Gasteiger partial charge < -0.3 is 30.4 Å². The topological polar surface area (TPSA) is 144 Å². The molecule has 0 saturated carbocycles. The monoisotopic (exact) mass is 528 g/mol. The first-order valence-corrected chi connectivity index (χ1v) is 13.2. The van der Waals surface area contributed by atoms with Crippen LogP contribution >= 0.6 is 0 Å². The van der Waals surface area contributed by atoms with Gasteiger partial charge in [-0.1, -0.05) is 45.9 Å². The minimum absolute atomic E-state index is 0.124. The van der Waals surface area contributed by atoms with Crippen molar-refractivity contribution in [2.75, 3.05) is 13.7 Å². The molecular formula is C28H40N4O6. The molecule has 10 nitrogen and oxygen atoms in total. The molecule has 0 radical (unpaired) electrons.